The molecule has 2 atom stereocenters. The van der Waals surface area contributed by atoms with Gasteiger partial charge in [-0.05, 0) is 112 Å². The average molecular weight is 467 g/mol. The van der Waals surface area contributed by atoms with Crippen molar-refractivity contribution in [3.05, 3.63) is 112 Å². The van der Waals surface area contributed by atoms with Crippen molar-refractivity contribution in [3.8, 4) is 5.69 Å². The molecule has 3 heterocycles. The maximum atomic E-state index is 5.93. The number of pyridine rings is 1. The van der Waals surface area contributed by atoms with Crippen molar-refractivity contribution in [3.63, 3.8) is 0 Å². The van der Waals surface area contributed by atoms with E-state index in [-0.39, 0.29) is 12.1 Å². The molecule has 4 nitrogen and oxygen atoms in total. The van der Waals surface area contributed by atoms with Crippen molar-refractivity contribution in [2.75, 3.05) is 4.90 Å². The van der Waals surface area contributed by atoms with Gasteiger partial charge in [-0.15, -0.1) is 0 Å². The fraction of sp³-hybridized carbons (Fsp3) is 0.241. The van der Waals surface area contributed by atoms with Crippen LogP contribution >= 0.6 is 12.2 Å². The number of aryl methyl sites for hydroxylation is 4. The van der Waals surface area contributed by atoms with Gasteiger partial charge in [0.1, 0.15) is 0 Å². The van der Waals surface area contributed by atoms with Gasteiger partial charge in [-0.3, -0.25) is 4.98 Å². The van der Waals surface area contributed by atoms with E-state index in [9.17, 15) is 0 Å². The van der Waals surface area contributed by atoms with Gasteiger partial charge in [0.15, 0.2) is 5.11 Å². The molecule has 4 aromatic rings. The minimum atomic E-state index is -0.0539. The molecule has 0 radical (unpaired) electrons. The normalized spacial score (nSPS) is 17.8. The van der Waals surface area contributed by atoms with Gasteiger partial charge >= 0.3 is 0 Å². The molecule has 1 fully saturated rings. The third-order valence-electron chi connectivity index (χ3n) is 6.92. The van der Waals surface area contributed by atoms with Gasteiger partial charge in [0.25, 0.3) is 0 Å². The molecule has 34 heavy (non-hydrogen) atoms. The van der Waals surface area contributed by atoms with E-state index in [1.54, 1.807) is 0 Å². The van der Waals surface area contributed by atoms with Gasteiger partial charge in [0.2, 0.25) is 0 Å². The average Bonchev–Trinajstić information content (AvgIpc) is 3.31. The second-order valence-corrected chi connectivity index (χ2v) is 9.65. The first-order valence-corrected chi connectivity index (χ1v) is 12.1. The topological polar surface area (TPSA) is 33.1 Å². The van der Waals surface area contributed by atoms with Crippen LogP contribution in [0.15, 0.2) is 72.9 Å². The minimum Gasteiger partial charge on any atom is -0.351 e. The summed E-state index contributed by atoms with van der Waals surface area (Å²) in [5, 5.41) is 4.32. The first-order valence-electron chi connectivity index (χ1n) is 11.7. The van der Waals surface area contributed by atoms with Crippen LogP contribution in [-0.2, 0) is 0 Å². The quantitative estimate of drug-likeness (QED) is 0.344. The van der Waals surface area contributed by atoms with E-state index in [2.05, 4.69) is 104 Å². The number of hydrogen-bond donors (Lipinski definition) is 1. The lowest BCUT2D eigenvalue weighted by Crippen LogP contribution is -2.29. The van der Waals surface area contributed by atoms with Crippen LogP contribution < -0.4 is 10.2 Å². The Balaban J connectivity index is 1.69. The van der Waals surface area contributed by atoms with Crippen LogP contribution in [0, 0.1) is 34.6 Å². The lowest BCUT2D eigenvalue weighted by Gasteiger charge is -2.28. The van der Waals surface area contributed by atoms with E-state index in [0.29, 0.717) is 0 Å². The maximum Gasteiger partial charge on any atom is 0.174 e. The standard InChI is InChI=1S/C29H30N4S/c1-18-9-8-10-23(15-18)32-21(4)17-25(22(32)5)28-27(26-11-6-7-14-30-26)31-29(34)33(28)24-13-12-19(2)20(3)16-24/h6-17,27-28H,1-5H3,(H,31,34)/t27-,28+/m1/s1. The van der Waals surface area contributed by atoms with Gasteiger partial charge in [-0.1, -0.05) is 24.3 Å². The van der Waals surface area contributed by atoms with Crippen molar-refractivity contribution in [1.82, 2.24) is 14.9 Å². The third kappa shape index (κ3) is 3.80. The summed E-state index contributed by atoms with van der Waals surface area (Å²) in [6, 6.07) is 23.5. The number of thiocarbonyl (C=S) groups is 1. The summed E-state index contributed by atoms with van der Waals surface area (Å²) in [7, 11) is 0. The Kier molecular flexibility index (Phi) is 5.74. The molecule has 0 spiro atoms. The summed E-state index contributed by atoms with van der Waals surface area (Å²) in [6.07, 6.45) is 1.85. The van der Waals surface area contributed by atoms with E-state index in [1.807, 2.05) is 18.3 Å². The fourth-order valence-electron chi connectivity index (χ4n) is 5.08. The van der Waals surface area contributed by atoms with E-state index in [4.69, 9.17) is 17.2 Å². The van der Waals surface area contributed by atoms with E-state index in [1.165, 1.54) is 39.3 Å². The zero-order chi connectivity index (χ0) is 24.0. The Morgan fingerprint density at radius 2 is 1.65 bits per heavy atom. The molecule has 0 unspecified atom stereocenters. The number of benzene rings is 2. The highest BCUT2D eigenvalue weighted by Crippen LogP contribution is 2.44. The number of hydrogen-bond acceptors (Lipinski definition) is 2. The van der Waals surface area contributed by atoms with Crippen molar-refractivity contribution in [1.29, 1.82) is 0 Å². The third-order valence-corrected chi connectivity index (χ3v) is 7.23. The lowest BCUT2D eigenvalue weighted by atomic mass is 9.96. The summed E-state index contributed by atoms with van der Waals surface area (Å²) in [6.45, 7) is 10.8. The SMILES string of the molecule is Cc1cccc(-n2c(C)cc([C@H]3[C@@H](c4ccccn4)NC(=S)N3c3ccc(C)c(C)c3)c2C)c1. The molecule has 2 aromatic carbocycles. The fourth-order valence-corrected chi connectivity index (χ4v) is 5.42. The molecule has 1 saturated heterocycles. The van der Waals surface area contributed by atoms with Crippen molar-refractivity contribution in [2.45, 2.75) is 46.7 Å². The molecule has 1 aliphatic heterocycles. The monoisotopic (exact) mass is 466 g/mol. The molecule has 1 N–H and O–H groups in total. The molecule has 5 rings (SSSR count). The van der Waals surface area contributed by atoms with Gasteiger partial charge in [0.05, 0.1) is 17.8 Å². The van der Waals surface area contributed by atoms with Crippen molar-refractivity contribution < 1.29 is 0 Å². The van der Waals surface area contributed by atoms with Crippen molar-refractivity contribution >= 4 is 23.0 Å². The largest absolute Gasteiger partial charge is 0.351 e. The molecular weight excluding hydrogens is 436 g/mol. The maximum absolute atomic E-state index is 5.93. The Morgan fingerprint density at radius 1 is 0.824 bits per heavy atom. The molecule has 0 saturated carbocycles. The number of nitrogens with one attached hydrogen (secondary N) is 1. The Labute approximate surface area is 207 Å². The zero-order valence-electron chi connectivity index (χ0n) is 20.3. The Morgan fingerprint density at radius 3 is 2.35 bits per heavy atom. The molecule has 2 aromatic heterocycles. The lowest BCUT2D eigenvalue weighted by molar-refractivity contribution is 0.565. The number of aromatic nitrogens is 2. The summed E-state index contributed by atoms with van der Waals surface area (Å²) < 4.78 is 2.34. The summed E-state index contributed by atoms with van der Waals surface area (Å²) in [5.74, 6) is 0. The second-order valence-electron chi connectivity index (χ2n) is 9.27. The van der Waals surface area contributed by atoms with Crippen LogP contribution in [0.3, 0.4) is 0 Å². The van der Waals surface area contributed by atoms with E-state index in [0.717, 1.165) is 16.5 Å². The summed E-state index contributed by atoms with van der Waals surface area (Å²) >= 11 is 5.93. The highest BCUT2D eigenvalue weighted by molar-refractivity contribution is 7.80. The highest BCUT2D eigenvalue weighted by atomic mass is 32.1. The molecule has 1 aliphatic rings. The van der Waals surface area contributed by atoms with Crippen LogP contribution in [0.4, 0.5) is 5.69 Å². The number of anilines is 1. The second kappa shape index (κ2) is 8.73. The van der Waals surface area contributed by atoms with Gasteiger partial charge < -0.3 is 14.8 Å². The molecular formula is C29H30N4S. The Bertz CT molecular complexity index is 1370. The molecule has 0 amide bonds. The van der Waals surface area contributed by atoms with Crippen LogP contribution in [0.1, 0.15) is 51.4 Å². The van der Waals surface area contributed by atoms with Crippen LogP contribution in [0.5, 0.6) is 0 Å². The van der Waals surface area contributed by atoms with Gasteiger partial charge in [-0.2, -0.15) is 0 Å². The van der Waals surface area contributed by atoms with Crippen LogP contribution in [-0.4, -0.2) is 14.7 Å². The molecule has 0 aliphatic carbocycles. The van der Waals surface area contributed by atoms with E-state index < -0.39 is 0 Å². The Hall–Kier alpha value is -3.44. The smallest absolute Gasteiger partial charge is 0.174 e. The number of rotatable bonds is 4. The minimum absolute atomic E-state index is 0.0192. The number of nitrogens with zero attached hydrogens (tertiary/aromatic N) is 3. The molecule has 0 bridgehead atoms. The van der Waals surface area contributed by atoms with E-state index >= 15 is 0 Å². The predicted molar refractivity (Wildman–Crippen MR) is 144 cm³/mol. The molecule has 172 valence electrons. The highest BCUT2D eigenvalue weighted by Gasteiger charge is 2.42. The predicted octanol–water partition coefficient (Wildman–Crippen LogP) is 6.59. The molecule has 5 heteroatoms. The first kappa shape index (κ1) is 22.4. The van der Waals surface area contributed by atoms with Gasteiger partial charge in [0, 0.05) is 29.0 Å². The van der Waals surface area contributed by atoms with Gasteiger partial charge in [-0.25, -0.2) is 0 Å². The van der Waals surface area contributed by atoms with Crippen LogP contribution in [0.2, 0.25) is 0 Å². The summed E-state index contributed by atoms with van der Waals surface area (Å²) in [4.78, 5) is 6.97. The zero-order valence-corrected chi connectivity index (χ0v) is 21.1. The van der Waals surface area contributed by atoms with Crippen molar-refractivity contribution in [2.24, 2.45) is 0 Å². The first-order chi connectivity index (χ1) is 16.3. The summed E-state index contributed by atoms with van der Waals surface area (Å²) in [5.41, 5.74) is 10.7. The van der Waals surface area contributed by atoms with Crippen LogP contribution in [0.25, 0.3) is 5.69 Å².